The van der Waals surface area contributed by atoms with Crippen LogP contribution in [0, 0.1) is 0 Å². The van der Waals surface area contributed by atoms with E-state index < -0.39 is 0 Å². The first-order chi connectivity index (χ1) is 4.84. The predicted octanol–water partition coefficient (Wildman–Crippen LogP) is 1.09. The van der Waals surface area contributed by atoms with Crippen molar-refractivity contribution in [2.75, 3.05) is 13.7 Å². The highest BCUT2D eigenvalue weighted by molar-refractivity contribution is 4.78. The molecule has 10 heavy (non-hydrogen) atoms. The fraction of sp³-hybridized carbons (Fsp3) is 0.571. The van der Waals surface area contributed by atoms with Crippen LogP contribution in [-0.4, -0.2) is 23.3 Å². The Hall–Kier alpha value is -0.830. The maximum absolute atomic E-state index is 4.98. The van der Waals surface area contributed by atoms with Gasteiger partial charge in [-0.15, -0.1) is 0 Å². The summed E-state index contributed by atoms with van der Waals surface area (Å²) < 4.78 is 7.00. The lowest BCUT2D eigenvalue weighted by Gasteiger charge is -2.10. The number of hydrogen-bond donors (Lipinski definition) is 0. The molecule has 3 heteroatoms. The third-order valence-electron chi connectivity index (χ3n) is 1.44. The summed E-state index contributed by atoms with van der Waals surface area (Å²) in [5.41, 5.74) is 0. The highest BCUT2D eigenvalue weighted by Gasteiger charge is 2.00. The lowest BCUT2D eigenvalue weighted by Crippen LogP contribution is -2.08. The fourth-order valence-corrected chi connectivity index (χ4v) is 0.857. The Morgan fingerprint density at radius 2 is 2.50 bits per heavy atom. The van der Waals surface area contributed by atoms with E-state index in [1.54, 1.807) is 19.6 Å². The molecule has 0 aliphatic heterocycles. The minimum Gasteiger partial charge on any atom is -0.383 e. The molecular weight excluding hydrogens is 128 g/mol. The molecule has 0 saturated heterocycles. The molecule has 3 nitrogen and oxygen atoms in total. The third kappa shape index (κ3) is 1.57. The normalized spacial score (nSPS) is 13.4. The van der Waals surface area contributed by atoms with Gasteiger partial charge in [-0.2, -0.15) is 0 Å². The molecule has 0 saturated carbocycles. The summed E-state index contributed by atoms with van der Waals surface area (Å²) in [4.78, 5) is 3.93. The lowest BCUT2D eigenvalue weighted by molar-refractivity contribution is 0.162. The van der Waals surface area contributed by atoms with Crippen LogP contribution in [0.1, 0.15) is 13.0 Å². The van der Waals surface area contributed by atoms with Crippen LogP contribution in [-0.2, 0) is 4.74 Å². The molecule has 0 aliphatic carbocycles. The van der Waals surface area contributed by atoms with E-state index in [2.05, 4.69) is 11.9 Å². The number of imidazole rings is 1. The molecule has 0 fully saturated rings. The Morgan fingerprint density at radius 1 is 1.70 bits per heavy atom. The van der Waals surface area contributed by atoms with Crippen LogP contribution >= 0.6 is 0 Å². The second-order valence-corrected chi connectivity index (χ2v) is 2.31. The summed E-state index contributed by atoms with van der Waals surface area (Å²) in [6.07, 6.45) is 5.50. The number of methoxy groups -OCH3 is 1. The molecule has 56 valence electrons. The molecule has 0 amide bonds. The van der Waals surface area contributed by atoms with Crippen molar-refractivity contribution in [1.82, 2.24) is 9.55 Å². The molecule has 0 N–H and O–H groups in total. The van der Waals surface area contributed by atoms with Crippen LogP contribution in [0.15, 0.2) is 18.7 Å². The second kappa shape index (κ2) is 3.37. The van der Waals surface area contributed by atoms with E-state index >= 15 is 0 Å². The molecule has 1 atom stereocenters. The van der Waals surface area contributed by atoms with E-state index in [0.29, 0.717) is 6.04 Å². The average Bonchev–Trinajstić information content (AvgIpc) is 2.38. The molecule has 0 aromatic carbocycles. The lowest BCUT2D eigenvalue weighted by atomic mass is 10.4. The number of nitrogens with zero attached hydrogens (tertiary/aromatic N) is 2. The Bertz CT molecular complexity index is 172. The van der Waals surface area contributed by atoms with Gasteiger partial charge in [-0.25, -0.2) is 4.98 Å². The van der Waals surface area contributed by atoms with Crippen molar-refractivity contribution in [3.63, 3.8) is 0 Å². The molecule has 0 aliphatic rings. The van der Waals surface area contributed by atoms with Crippen molar-refractivity contribution in [3.8, 4) is 0 Å². The summed E-state index contributed by atoms with van der Waals surface area (Å²) in [6.45, 7) is 2.82. The van der Waals surface area contributed by atoms with E-state index in [1.165, 1.54) is 0 Å². The van der Waals surface area contributed by atoms with Gasteiger partial charge in [0.15, 0.2) is 0 Å². The van der Waals surface area contributed by atoms with Gasteiger partial charge in [0.2, 0.25) is 0 Å². The zero-order valence-corrected chi connectivity index (χ0v) is 6.32. The SMILES string of the molecule is COC[C@H](C)n1ccnc1. The molecule has 1 aromatic heterocycles. The highest BCUT2D eigenvalue weighted by atomic mass is 16.5. The summed E-state index contributed by atoms with van der Waals surface area (Å²) in [6, 6.07) is 0.382. The Morgan fingerprint density at radius 3 is 3.00 bits per heavy atom. The van der Waals surface area contributed by atoms with Gasteiger partial charge in [-0.05, 0) is 6.92 Å². The van der Waals surface area contributed by atoms with Crippen molar-refractivity contribution in [2.45, 2.75) is 13.0 Å². The van der Waals surface area contributed by atoms with Crippen molar-refractivity contribution < 1.29 is 4.74 Å². The van der Waals surface area contributed by atoms with Crippen LogP contribution in [0.4, 0.5) is 0 Å². The predicted molar refractivity (Wildman–Crippen MR) is 38.8 cm³/mol. The second-order valence-electron chi connectivity index (χ2n) is 2.31. The summed E-state index contributed by atoms with van der Waals surface area (Å²) in [7, 11) is 1.70. The molecule has 0 spiro atoms. The standard InChI is InChI=1S/C7H12N2O/c1-7(5-10-2)9-4-3-8-6-9/h3-4,6-7H,5H2,1-2H3/t7-/m0/s1. The maximum Gasteiger partial charge on any atom is 0.0949 e. The van der Waals surface area contributed by atoms with Gasteiger partial charge in [-0.3, -0.25) is 0 Å². The Balaban J connectivity index is 2.50. The first-order valence-corrected chi connectivity index (χ1v) is 3.31. The van der Waals surface area contributed by atoms with Gasteiger partial charge in [-0.1, -0.05) is 0 Å². The van der Waals surface area contributed by atoms with Gasteiger partial charge >= 0.3 is 0 Å². The third-order valence-corrected chi connectivity index (χ3v) is 1.44. The minimum absolute atomic E-state index is 0.382. The smallest absolute Gasteiger partial charge is 0.0949 e. The average molecular weight is 140 g/mol. The first kappa shape index (κ1) is 7.28. The first-order valence-electron chi connectivity index (χ1n) is 3.31. The topological polar surface area (TPSA) is 27.1 Å². The van der Waals surface area contributed by atoms with Crippen LogP contribution in [0.25, 0.3) is 0 Å². The number of aromatic nitrogens is 2. The van der Waals surface area contributed by atoms with E-state index in [4.69, 9.17) is 4.74 Å². The number of rotatable bonds is 3. The van der Waals surface area contributed by atoms with Crippen LogP contribution < -0.4 is 0 Å². The number of ether oxygens (including phenoxy) is 1. The van der Waals surface area contributed by atoms with Crippen molar-refractivity contribution >= 4 is 0 Å². The number of hydrogen-bond acceptors (Lipinski definition) is 2. The largest absolute Gasteiger partial charge is 0.383 e. The summed E-state index contributed by atoms with van der Waals surface area (Å²) in [5, 5.41) is 0. The molecule has 0 radical (unpaired) electrons. The van der Waals surface area contributed by atoms with Gasteiger partial charge in [0, 0.05) is 19.5 Å². The minimum atomic E-state index is 0.382. The summed E-state index contributed by atoms with van der Waals surface area (Å²) >= 11 is 0. The zero-order chi connectivity index (χ0) is 7.40. The van der Waals surface area contributed by atoms with Crippen LogP contribution in [0.3, 0.4) is 0 Å². The van der Waals surface area contributed by atoms with Crippen molar-refractivity contribution in [1.29, 1.82) is 0 Å². The molecule has 0 bridgehead atoms. The van der Waals surface area contributed by atoms with E-state index in [0.717, 1.165) is 6.61 Å². The van der Waals surface area contributed by atoms with Crippen molar-refractivity contribution in [2.24, 2.45) is 0 Å². The monoisotopic (exact) mass is 140 g/mol. The van der Waals surface area contributed by atoms with Crippen LogP contribution in [0.2, 0.25) is 0 Å². The van der Waals surface area contributed by atoms with Gasteiger partial charge < -0.3 is 9.30 Å². The maximum atomic E-state index is 4.98. The van der Waals surface area contributed by atoms with Crippen LogP contribution in [0.5, 0.6) is 0 Å². The van der Waals surface area contributed by atoms with Gasteiger partial charge in [0.05, 0.1) is 19.0 Å². The van der Waals surface area contributed by atoms with E-state index in [-0.39, 0.29) is 0 Å². The highest BCUT2D eigenvalue weighted by Crippen LogP contribution is 2.02. The molecule has 1 rings (SSSR count). The molecule has 1 aromatic rings. The molecule has 1 heterocycles. The Labute approximate surface area is 60.6 Å². The van der Waals surface area contributed by atoms with Gasteiger partial charge in [0.25, 0.3) is 0 Å². The van der Waals surface area contributed by atoms with E-state index in [9.17, 15) is 0 Å². The molecular formula is C7H12N2O. The van der Waals surface area contributed by atoms with Gasteiger partial charge in [0.1, 0.15) is 0 Å². The van der Waals surface area contributed by atoms with Crippen molar-refractivity contribution in [3.05, 3.63) is 18.7 Å². The Kier molecular flexibility index (Phi) is 2.45. The zero-order valence-electron chi connectivity index (χ0n) is 6.32. The van der Waals surface area contributed by atoms with E-state index in [1.807, 2.05) is 10.8 Å². The summed E-state index contributed by atoms with van der Waals surface area (Å²) in [5.74, 6) is 0. The fourth-order valence-electron chi connectivity index (χ4n) is 0.857. The quantitative estimate of drug-likeness (QED) is 0.628. The molecule has 0 unspecified atom stereocenters.